The topological polar surface area (TPSA) is 30.7 Å². The van der Waals surface area contributed by atoms with Crippen LogP contribution in [-0.2, 0) is 0 Å². The van der Waals surface area contributed by atoms with Crippen LogP contribution in [0.3, 0.4) is 0 Å². The second kappa shape index (κ2) is 13.8. The van der Waals surface area contributed by atoms with Crippen molar-refractivity contribution in [2.45, 2.75) is 0 Å². The van der Waals surface area contributed by atoms with Gasteiger partial charge in [-0.1, -0.05) is 152 Å². The molecule has 0 aliphatic heterocycles. The first-order chi connectivity index (χ1) is 28.7. The van der Waals surface area contributed by atoms with Crippen LogP contribution in [0.25, 0.3) is 105 Å². The number of hydrogen-bond donors (Lipinski definition) is 0. The summed E-state index contributed by atoms with van der Waals surface area (Å²) in [7, 11) is 0. The molecule has 0 atom stereocenters. The fourth-order valence-electron chi connectivity index (χ4n) is 8.60. The molecule has 0 saturated heterocycles. The van der Waals surface area contributed by atoms with Gasteiger partial charge in [0.2, 0.25) is 0 Å². The molecule has 3 nitrogen and oxygen atoms in total. The first-order valence-corrected chi connectivity index (χ1v) is 19.5. The van der Waals surface area contributed by atoms with Crippen LogP contribution in [0, 0.1) is 5.82 Å². The normalized spacial score (nSPS) is 11.5. The third-order valence-electron chi connectivity index (χ3n) is 11.3. The Morgan fingerprint density at radius 2 is 0.897 bits per heavy atom. The Balaban J connectivity index is 0.987. The fourth-order valence-corrected chi connectivity index (χ4v) is 8.60. The lowest BCUT2D eigenvalue weighted by atomic mass is 9.91. The molecule has 0 fully saturated rings. The van der Waals surface area contributed by atoms with Gasteiger partial charge in [0.15, 0.2) is 5.82 Å². The van der Waals surface area contributed by atoms with Crippen LogP contribution < -0.4 is 0 Å². The van der Waals surface area contributed by atoms with Crippen molar-refractivity contribution in [3.05, 3.63) is 212 Å². The minimum absolute atomic E-state index is 0.241. The van der Waals surface area contributed by atoms with Gasteiger partial charge in [-0.2, -0.15) is 0 Å². The maximum Gasteiger partial charge on any atom is 0.160 e. The van der Waals surface area contributed by atoms with E-state index in [-0.39, 0.29) is 5.82 Å². The number of rotatable bonds is 6. The second-order valence-electron chi connectivity index (χ2n) is 14.7. The summed E-state index contributed by atoms with van der Waals surface area (Å²) in [5, 5.41) is 5.74. The summed E-state index contributed by atoms with van der Waals surface area (Å²) in [6.07, 6.45) is 0. The Morgan fingerprint density at radius 1 is 0.362 bits per heavy atom. The monoisotopic (exact) mass is 743 g/mol. The third-order valence-corrected chi connectivity index (χ3v) is 11.3. The number of nitrogens with zero attached hydrogens (tertiary/aromatic N) is 3. The van der Waals surface area contributed by atoms with Crippen molar-refractivity contribution in [3.8, 4) is 61.7 Å². The number of halogens is 1. The number of hydrogen-bond acceptors (Lipinski definition) is 2. The van der Waals surface area contributed by atoms with E-state index >= 15 is 0 Å². The van der Waals surface area contributed by atoms with Crippen molar-refractivity contribution in [2.75, 3.05) is 0 Å². The summed E-state index contributed by atoms with van der Waals surface area (Å²) in [5.41, 5.74) is 13.8. The van der Waals surface area contributed by atoms with E-state index in [2.05, 4.69) is 174 Å². The molecule has 0 radical (unpaired) electrons. The molecule has 0 amide bonds. The molecule has 0 bridgehead atoms. The van der Waals surface area contributed by atoms with Crippen LogP contribution in [0.4, 0.5) is 4.39 Å². The molecule has 4 heteroatoms. The Labute approximate surface area is 335 Å². The highest BCUT2D eigenvalue weighted by Crippen LogP contribution is 2.40. The van der Waals surface area contributed by atoms with E-state index in [1.165, 1.54) is 34.0 Å². The van der Waals surface area contributed by atoms with Crippen LogP contribution in [0.15, 0.2) is 206 Å². The van der Waals surface area contributed by atoms with Crippen molar-refractivity contribution in [1.29, 1.82) is 0 Å². The zero-order chi connectivity index (χ0) is 38.6. The molecule has 0 spiro atoms. The smallest absolute Gasteiger partial charge is 0.160 e. The molecule has 0 aliphatic rings. The summed E-state index contributed by atoms with van der Waals surface area (Å²) < 4.78 is 16.2. The molecule has 58 heavy (non-hydrogen) atoms. The van der Waals surface area contributed by atoms with E-state index in [0.29, 0.717) is 5.82 Å². The average molecular weight is 744 g/mol. The lowest BCUT2D eigenvalue weighted by Crippen LogP contribution is -1.97. The Morgan fingerprint density at radius 3 is 1.62 bits per heavy atom. The van der Waals surface area contributed by atoms with Crippen LogP contribution in [0.1, 0.15) is 0 Å². The number of aromatic nitrogens is 3. The first-order valence-electron chi connectivity index (χ1n) is 19.5. The van der Waals surface area contributed by atoms with Crippen molar-refractivity contribution < 1.29 is 4.39 Å². The molecule has 0 saturated carbocycles. The van der Waals surface area contributed by atoms with Crippen molar-refractivity contribution in [1.82, 2.24) is 14.5 Å². The molecule has 2 heterocycles. The van der Waals surface area contributed by atoms with E-state index in [1.54, 1.807) is 0 Å². The highest BCUT2D eigenvalue weighted by molar-refractivity contribution is 6.15. The van der Waals surface area contributed by atoms with Crippen LogP contribution in [-0.4, -0.2) is 14.5 Å². The van der Waals surface area contributed by atoms with E-state index in [9.17, 15) is 4.39 Å². The first kappa shape index (κ1) is 33.6. The highest BCUT2D eigenvalue weighted by atomic mass is 19.1. The molecule has 11 rings (SSSR count). The summed E-state index contributed by atoms with van der Waals surface area (Å²) in [5.74, 6) is 0.435. The summed E-state index contributed by atoms with van der Waals surface area (Å²) in [4.78, 5) is 10.3. The molecule has 272 valence electrons. The van der Waals surface area contributed by atoms with Gasteiger partial charge in [0.25, 0.3) is 0 Å². The van der Waals surface area contributed by atoms with E-state index in [1.807, 2.05) is 24.3 Å². The molecule has 2 aromatic heterocycles. The summed E-state index contributed by atoms with van der Waals surface area (Å²) in [6.45, 7) is 0. The number of para-hydroxylation sites is 2. The molecule has 0 unspecified atom stereocenters. The number of fused-ring (bicyclic) bond motifs is 5. The quantitative estimate of drug-likeness (QED) is 0.170. The fraction of sp³-hybridized carbons (Fsp3) is 0. The van der Waals surface area contributed by atoms with E-state index in [0.717, 1.165) is 77.5 Å². The van der Waals surface area contributed by atoms with Crippen LogP contribution in [0.2, 0.25) is 0 Å². The van der Waals surface area contributed by atoms with Crippen LogP contribution >= 0.6 is 0 Å². The van der Waals surface area contributed by atoms with Gasteiger partial charge in [0.05, 0.1) is 22.2 Å². The third kappa shape index (κ3) is 5.65. The van der Waals surface area contributed by atoms with Gasteiger partial charge in [-0.05, 0) is 98.8 Å². The lowest BCUT2D eigenvalue weighted by Gasteiger charge is -2.14. The standard InChI is InChI=1S/C54H34FN3/c55-41-31-27-37(28-32-41)44-18-9-14-38-13-8-17-43(51(38)44)36-23-25-39(26-24-36)53-46-15-4-6-20-48(46)56-54(57-53)40-29-33-42(34-30-40)58-49-21-7-5-16-47(49)52-45(19-10-22-50(52)58)35-11-2-1-3-12-35/h1-34H. The average Bonchev–Trinajstić information content (AvgIpc) is 3.63. The van der Waals surface area contributed by atoms with Crippen molar-refractivity contribution in [2.24, 2.45) is 0 Å². The predicted octanol–water partition coefficient (Wildman–Crippen LogP) is 14.4. The minimum atomic E-state index is -0.241. The number of benzene rings is 9. The zero-order valence-electron chi connectivity index (χ0n) is 31.3. The van der Waals surface area contributed by atoms with Gasteiger partial charge in [-0.25, -0.2) is 14.4 Å². The zero-order valence-corrected chi connectivity index (χ0v) is 31.3. The maximum absolute atomic E-state index is 13.9. The minimum Gasteiger partial charge on any atom is -0.309 e. The maximum atomic E-state index is 13.9. The van der Waals surface area contributed by atoms with Gasteiger partial charge in [-0.15, -0.1) is 0 Å². The second-order valence-corrected chi connectivity index (χ2v) is 14.7. The summed E-state index contributed by atoms with van der Waals surface area (Å²) >= 11 is 0. The van der Waals surface area contributed by atoms with E-state index < -0.39 is 0 Å². The van der Waals surface area contributed by atoms with Gasteiger partial charge in [0, 0.05) is 33.0 Å². The van der Waals surface area contributed by atoms with Crippen LogP contribution in [0.5, 0.6) is 0 Å². The highest BCUT2D eigenvalue weighted by Gasteiger charge is 2.18. The lowest BCUT2D eigenvalue weighted by molar-refractivity contribution is 0.628. The van der Waals surface area contributed by atoms with Gasteiger partial charge >= 0.3 is 0 Å². The van der Waals surface area contributed by atoms with Crippen molar-refractivity contribution >= 4 is 43.5 Å². The molecule has 0 aliphatic carbocycles. The molecular formula is C54H34FN3. The SMILES string of the molecule is Fc1ccc(-c2cccc3cccc(-c4ccc(-c5nc(-c6ccc(-n7c8ccccc8c8c(-c9ccccc9)cccc87)cc6)nc6ccccc56)cc4)c23)cc1. The molecule has 9 aromatic carbocycles. The Bertz CT molecular complexity index is 3310. The van der Waals surface area contributed by atoms with E-state index in [4.69, 9.17) is 9.97 Å². The molecule has 0 N–H and O–H groups in total. The molecule has 11 aromatic rings. The summed E-state index contributed by atoms with van der Waals surface area (Å²) in [6, 6.07) is 70.8. The Hall–Kier alpha value is -7.69. The van der Waals surface area contributed by atoms with Gasteiger partial charge in [0.1, 0.15) is 5.82 Å². The Kier molecular flexibility index (Phi) is 8.00. The van der Waals surface area contributed by atoms with Gasteiger partial charge in [-0.3, -0.25) is 0 Å². The van der Waals surface area contributed by atoms with Gasteiger partial charge < -0.3 is 4.57 Å². The van der Waals surface area contributed by atoms with Crippen molar-refractivity contribution in [3.63, 3.8) is 0 Å². The largest absolute Gasteiger partial charge is 0.309 e. The molecular weight excluding hydrogens is 710 g/mol. The predicted molar refractivity (Wildman–Crippen MR) is 239 cm³/mol.